The third-order valence-electron chi connectivity index (χ3n) is 3.86. The zero-order chi connectivity index (χ0) is 17.5. The first-order valence-corrected chi connectivity index (χ1v) is 8.25. The SMILES string of the molecule is CCc1cccc(C)c1Nc1ccc(C(=O)NCCN(C)C)cn1. The summed E-state index contributed by atoms with van der Waals surface area (Å²) in [6.07, 6.45) is 2.56. The summed E-state index contributed by atoms with van der Waals surface area (Å²) >= 11 is 0. The molecule has 0 bridgehead atoms. The van der Waals surface area contributed by atoms with Crippen LogP contribution >= 0.6 is 0 Å². The van der Waals surface area contributed by atoms with Crippen molar-refractivity contribution in [3.63, 3.8) is 0 Å². The Labute approximate surface area is 144 Å². The van der Waals surface area contributed by atoms with Crippen LogP contribution in [0.5, 0.6) is 0 Å². The molecule has 5 heteroatoms. The summed E-state index contributed by atoms with van der Waals surface area (Å²) in [5.74, 6) is 0.643. The average Bonchev–Trinajstić information content (AvgIpc) is 2.57. The minimum atomic E-state index is -0.0963. The van der Waals surface area contributed by atoms with E-state index >= 15 is 0 Å². The fraction of sp³-hybridized carbons (Fsp3) is 0.368. The van der Waals surface area contributed by atoms with Crippen molar-refractivity contribution in [3.05, 3.63) is 53.2 Å². The standard InChI is InChI=1S/C19H26N4O/c1-5-15-8-6-7-14(2)18(15)22-17-10-9-16(13-21-17)19(24)20-11-12-23(3)4/h6-10,13H,5,11-12H2,1-4H3,(H,20,24)(H,21,22). The first kappa shape index (κ1) is 17.9. The van der Waals surface area contributed by atoms with Crippen LogP contribution in [0.25, 0.3) is 0 Å². The molecule has 0 unspecified atom stereocenters. The Morgan fingerprint density at radius 3 is 2.62 bits per heavy atom. The second kappa shape index (κ2) is 8.45. The van der Waals surface area contributed by atoms with Gasteiger partial charge in [-0.05, 0) is 50.7 Å². The van der Waals surface area contributed by atoms with Gasteiger partial charge >= 0.3 is 0 Å². The zero-order valence-electron chi connectivity index (χ0n) is 14.9. The molecule has 1 aromatic carbocycles. The van der Waals surface area contributed by atoms with Crippen LogP contribution in [0.3, 0.4) is 0 Å². The summed E-state index contributed by atoms with van der Waals surface area (Å²) < 4.78 is 0. The quantitative estimate of drug-likeness (QED) is 0.821. The summed E-state index contributed by atoms with van der Waals surface area (Å²) in [4.78, 5) is 18.5. The minimum Gasteiger partial charge on any atom is -0.351 e. The van der Waals surface area contributed by atoms with Crippen molar-refractivity contribution in [1.82, 2.24) is 15.2 Å². The maximum absolute atomic E-state index is 12.1. The highest BCUT2D eigenvalue weighted by atomic mass is 16.1. The van der Waals surface area contributed by atoms with Crippen LogP contribution in [0.15, 0.2) is 36.5 Å². The van der Waals surface area contributed by atoms with Crippen LogP contribution in [-0.4, -0.2) is 43.0 Å². The third kappa shape index (κ3) is 4.80. The second-order valence-electron chi connectivity index (χ2n) is 6.08. The molecule has 1 amide bonds. The third-order valence-corrected chi connectivity index (χ3v) is 3.86. The first-order valence-electron chi connectivity index (χ1n) is 8.25. The van der Waals surface area contributed by atoms with E-state index in [1.165, 1.54) is 11.1 Å². The monoisotopic (exact) mass is 326 g/mol. The molecule has 5 nitrogen and oxygen atoms in total. The van der Waals surface area contributed by atoms with Crippen molar-refractivity contribution in [2.45, 2.75) is 20.3 Å². The molecule has 0 saturated carbocycles. The number of rotatable bonds is 7. The summed E-state index contributed by atoms with van der Waals surface area (Å²) in [6, 6.07) is 9.89. The van der Waals surface area contributed by atoms with E-state index in [1.54, 1.807) is 12.3 Å². The predicted molar refractivity (Wildman–Crippen MR) is 99.0 cm³/mol. The Morgan fingerprint density at radius 2 is 2.00 bits per heavy atom. The molecular formula is C19H26N4O. The molecule has 0 radical (unpaired) electrons. The Kier molecular flexibility index (Phi) is 6.32. The molecule has 0 spiro atoms. The number of likely N-dealkylation sites (N-methyl/N-ethyl adjacent to an activating group) is 1. The number of nitrogens with zero attached hydrogens (tertiary/aromatic N) is 2. The normalized spacial score (nSPS) is 10.7. The summed E-state index contributed by atoms with van der Waals surface area (Å²) in [6.45, 7) is 5.64. The van der Waals surface area contributed by atoms with Gasteiger partial charge in [0.2, 0.25) is 0 Å². The van der Waals surface area contributed by atoms with Crippen molar-refractivity contribution in [1.29, 1.82) is 0 Å². The van der Waals surface area contributed by atoms with E-state index in [1.807, 2.05) is 25.1 Å². The highest BCUT2D eigenvalue weighted by Crippen LogP contribution is 2.24. The molecule has 0 saturated heterocycles. The Balaban J connectivity index is 2.04. The molecule has 2 aromatic rings. The number of aromatic nitrogens is 1. The maximum atomic E-state index is 12.1. The smallest absolute Gasteiger partial charge is 0.252 e. The molecule has 0 aliphatic heterocycles. The molecule has 2 N–H and O–H groups in total. The molecule has 1 aromatic heterocycles. The fourth-order valence-corrected chi connectivity index (χ4v) is 2.43. The lowest BCUT2D eigenvalue weighted by Gasteiger charge is -2.14. The van der Waals surface area contributed by atoms with E-state index in [-0.39, 0.29) is 5.91 Å². The number of amides is 1. The summed E-state index contributed by atoms with van der Waals surface area (Å²) in [5, 5.41) is 6.25. The topological polar surface area (TPSA) is 57.3 Å². The summed E-state index contributed by atoms with van der Waals surface area (Å²) in [5.41, 5.74) is 4.10. The summed E-state index contributed by atoms with van der Waals surface area (Å²) in [7, 11) is 3.95. The lowest BCUT2D eigenvalue weighted by molar-refractivity contribution is 0.0950. The molecule has 128 valence electrons. The Bertz CT molecular complexity index is 680. The zero-order valence-corrected chi connectivity index (χ0v) is 14.9. The second-order valence-corrected chi connectivity index (χ2v) is 6.08. The highest BCUT2D eigenvalue weighted by Gasteiger charge is 2.08. The van der Waals surface area contributed by atoms with Gasteiger partial charge < -0.3 is 15.5 Å². The number of pyridine rings is 1. The van der Waals surface area contributed by atoms with Gasteiger partial charge in [-0.1, -0.05) is 25.1 Å². The van der Waals surface area contributed by atoms with Gasteiger partial charge in [-0.2, -0.15) is 0 Å². The van der Waals surface area contributed by atoms with Crippen molar-refractivity contribution < 1.29 is 4.79 Å². The van der Waals surface area contributed by atoms with Crippen molar-refractivity contribution in [3.8, 4) is 0 Å². The van der Waals surface area contributed by atoms with Crippen molar-refractivity contribution >= 4 is 17.4 Å². The van der Waals surface area contributed by atoms with E-state index in [2.05, 4.69) is 47.7 Å². The molecule has 0 fully saturated rings. The molecular weight excluding hydrogens is 300 g/mol. The number of hydrogen-bond donors (Lipinski definition) is 2. The van der Waals surface area contributed by atoms with Gasteiger partial charge in [0.05, 0.1) is 5.56 Å². The Morgan fingerprint density at radius 1 is 1.21 bits per heavy atom. The molecule has 2 rings (SSSR count). The van der Waals surface area contributed by atoms with Crippen LogP contribution in [-0.2, 0) is 6.42 Å². The van der Waals surface area contributed by atoms with Gasteiger partial charge in [-0.15, -0.1) is 0 Å². The van der Waals surface area contributed by atoms with E-state index in [4.69, 9.17) is 0 Å². The van der Waals surface area contributed by atoms with E-state index < -0.39 is 0 Å². The van der Waals surface area contributed by atoms with Gasteiger partial charge in [-0.25, -0.2) is 4.98 Å². The van der Waals surface area contributed by atoms with E-state index in [9.17, 15) is 4.79 Å². The average molecular weight is 326 g/mol. The number of carbonyl (C=O) groups is 1. The number of para-hydroxylation sites is 1. The number of benzene rings is 1. The number of carbonyl (C=O) groups excluding carboxylic acids is 1. The highest BCUT2D eigenvalue weighted by molar-refractivity contribution is 5.94. The Hall–Kier alpha value is -2.40. The van der Waals surface area contributed by atoms with Crippen LogP contribution in [0, 0.1) is 6.92 Å². The maximum Gasteiger partial charge on any atom is 0.252 e. The lowest BCUT2D eigenvalue weighted by Crippen LogP contribution is -2.31. The van der Waals surface area contributed by atoms with Crippen LogP contribution in [0.2, 0.25) is 0 Å². The molecule has 0 aliphatic rings. The van der Waals surface area contributed by atoms with Gasteiger partial charge in [0, 0.05) is 25.0 Å². The van der Waals surface area contributed by atoms with Crippen molar-refractivity contribution in [2.75, 3.05) is 32.5 Å². The number of anilines is 2. The largest absolute Gasteiger partial charge is 0.351 e. The molecule has 0 aliphatic carbocycles. The minimum absolute atomic E-state index is 0.0963. The predicted octanol–water partition coefficient (Wildman–Crippen LogP) is 2.99. The van der Waals surface area contributed by atoms with E-state index in [0.29, 0.717) is 12.1 Å². The van der Waals surface area contributed by atoms with Crippen molar-refractivity contribution in [2.24, 2.45) is 0 Å². The van der Waals surface area contributed by atoms with Crippen LogP contribution < -0.4 is 10.6 Å². The lowest BCUT2D eigenvalue weighted by atomic mass is 10.1. The number of hydrogen-bond acceptors (Lipinski definition) is 4. The molecule has 0 atom stereocenters. The van der Waals surface area contributed by atoms with Crippen LogP contribution in [0.1, 0.15) is 28.4 Å². The van der Waals surface area contributed by atoms with Gasteiger partial charge in [0.15, 0.2) is 0 Å². The molecule has 1 heterocycles. The number of aryl methyl sites for hydroxylation is 2. The van der Waals surface area contributed by atoms with Gasteiger partial charge in [-0.3, -0.25) is 4.79 Å². The first-order chi connectivity index (χ1) is 11.5. The number of nitrogens with one attached hydrogen (secondary N) is 2. The molecule has 24 heavy (non-hydrogen) atoms. The fourth-order valence-electron chi connectivity index (χ4n) is 2.43. The van der Waals surface area contributed by atoms with Gasteiger partial charge in [0.1, 0.15) is 5.82 Å². The van der Waals surface area contributed by atoms with Gasteiger partial charge in [0.25, 0.3) is 5.91 Å². The van der Waals surface area contributed by atoms with Crippen LogP contribution in [0.4, 0.5) is 11.5 Å². The van der Waals surface area contributed by atoms with E-state index in [0.717, 1.165) is 24.5 Å².